The Hall–Kier alpha value is -3.16. The first-order valence-electron chi connectivity index (χ1n) is 9.39. The molecule has 2 aromatic heterocycles. The first-order valence-corrected chi connectivity index (χ1v) is 9.39. The van der Waals surface area contributed by atoms with E-state index in [9.17, 15) is 9.59 Å². The number of carbonyl (C=O) groups excluding carboxylic acids is 2. The lowest BCUT2D eigenvalue weighted by molar-refractivity contribution is 0.0755. The van der Waals surface area contributed by atoms with Crippen molar-refractivity contribution in [2.75, 3.05) is 37.4 Å². The van der Waals surface area contributed by atoms with Gasteiger partial charge in [-0.05, 0) is 43.5 Å². The zero-order valence-corrected chi connectivity index (χ0v) is 16.3. The average Bonchev–Trinajstić information content (AvgIpc) is 2.93. The second kappa shape index (κ2) is 8.69. The minimum atomic E-state index is -0.553. The van der Waals surface area contributed by atoms with E-state index < -0.39 is 5.91 Å². The van der Waals surface area contributed by atoms with Gasteiger partial charge in [0.25, 0.3) is 5.91 Å². The Balaban J connectivity index is 1.58. The van der Waals surface area contributed by atoms with Gasteiger partial charge < -0.3 is 20.9 Å². The van der Waals surface area contributed by atoms with Crippen LogP contribution in [0.3, 0.4) is 0 Å². The molecular weight excluding hydrogens is 356 g/mol. The second-order valence-corrected chi connectivity index (χ2v) is 7.16. The van der Waals surface area contributed by atoms with E-state index in [1.807, 2.05) is 42.2 Å². The SMILES string of the molecule is CN(C)c1ccc(N[C@@H]2CCCN(C(=O)c3ccc(C(N)=O)cn3)CC2)cn1. The number of primary amides is 1. The highest BCUT2D eigenvalue weighted by Gasteiger charge is 2.22. The molecule has 8 nitrogen and oxygen atoms in total. The Morgan fingerprint density at radius 3 is 2.54 bits per heavy atom. The largest absolute Gasteiger partial charge is 0.381 e. The van der Waals surface area contributed by atoms with Gasteiger partial charge in [0.05, 0.1) is 17.4 Å². The second-order valence-electron chi connectivity index (χ2n) is 7.16. The molecule has 3 N–H and O–H groups in total. The summed E-state index contributed by atoms with van der Waals surface area (Å²) in [6, 6.07) is 7.39. The van der Waals surface area contributed by atoms with Gasteiger partial charge in [-0.2, -0.15) is 0 Å². The number of carbonyl (C=O) groups is 2. The minimum absolute atomic E-state index is 0.117. The zero-order chi connectivity index (χ0) is 20.1. The van der Waals surface area contributed by atoms with Crippen molar-refractivity contribution in [3.05, 3.63) is 47.9 Å². The van der Waals surface area contributed by atoms with E-state index in [0.717, 1.165) is 30.8 Å². The van der Waals surface area contributed by atoms with E-state index in [2.05, 4.69) is 15.3 Å². The maximum Gasteiger partial charge on any atom is 0.272 e. The number of rotatable bonds is 5. The summed E-state index contributed by atoms with van der Waals surface area (Å²) < 4.78 is 0. The molecule has 8 heteroatoms. The van der Waals surface area contributed by atoms with Crippen LogP contribution in [0.1, 0.15) is 40.1 Å². The van der Waals surface area contributed by atoms with Crippen LogP contribution >= 0.6 is 0 Å². The summed E-state index contributed by atoms with van der Waals surface area (Å²) in [5, 5.41) is 3.52. The molecule has 3 heterocycles. The maximum atomic E-state index is 12.7. The lowest BCUT2D eigenvalue weighted by Gasteiger charge is -2.21. The molecule has 148 valence electrons. The molecule has 0 radical (unpaired) electrons. The Morgan fingerprint density at radius 2 is 1.93 bits per heavy atom. The number of likely N-dealkylation sites (tertiary alicyclic amines) is 1. The Bertz CT molecular complexity index is 820. The third-order valence-electron chi connectivity index (χ3n) is 4.86. The molecule has 0 unspecified atom stereocenters. The maximum absolute atomic E-state index is 12.7. The topological polar surface area (TPSA) is 104 Å². The number of amides is 2. The van der Waals surface area contributed by atoms with E-state index >= 15 is 0 Å². The van der Waals surface area contributed by atoms with Gasteiger partial charge in [-0.3, -0.25) is 14.6 Å². The summed E-state index contributed by atoms with van der Waals surface area (Å²) in [5.74, 6) is 0.245. The highest BCUT2D eigenvalue weighted by Crippen LogP contribution is 2.19. The van der Waals surface area contributed by atoms with E-state index in [1.54, 1.807) is 6.07 Å². The molecule has 0 aliphatic carbocycles. The molecule has 2 amide bonds. The fraction of sp³-hybridized carbons (Fsp3) is 0.400. The molecule has 1 fully saturated rings. The minimum Gasteiger partial charge on any atom is -0.381 e. The van der Waals surface area contributed by atoms with Gasteiger partial charge in [0.2, 0.25) is 5.91 Å². The molecule has 1 aliphatic heterocycles. The molecule has 0 spiro atoms. The normalized spacial score (nSPS) is 16.9. The number of nitrogens with zero attached hydrogens (tertiary/aromatic N) is 4. The molecule has 0 saturated carbocycles. The molecule has 1 atom stereocenters. The van der Waals surface area contributed by atoms with Gasteiger partial charge in [0, 0.05) is 39.4 Å². The first kappa shape index (κ1) is 19.6. The molecule has 1 saturated heterocycles. The van der Waals surface area contributed by atoms with Crippen LogP contribution in [-0.4, -0.2) is 59.9 Å². The predicted molar refractivity (Wildman–Crippen MR) is 108 cm³/mol. The van der Waals surface area contributed by atoms with Crippen LogP contribution in [0.5, 0.6) is 0 Å². The van der Waals surface area contributed by atoms with Crippen molar-refractivity contribution in [3.63, 3.8) is 0 Å². The third kappa shape index (κ3) is 4.76. The Labute approximate surface area is 164 Å². The predicted octanol–water partition coefficient (Wildman–Crippen LogP) is 1.75. The highest BCUT2D eigenvalue weighted by molar-refractivity contribution is 5.95. The van der Waals surface area contributed by atoms with Crippen LogP contribution in [0.2, 0.25) is 0 Å². The van der Waals surface area contributed by atoms with Crippen molar-refractivity contribution in [3.8, 4) is 0 Å². The fourth-order valence-electron chi connectivity index (χ4n) is 3.24. The van der Waals surface area contributed by atoms with Crippen LogP contribution in [0, 0.1) is 0 Å². The van der Waals surface area contributed by atoms with Crippen LogP contribution < -0.4 is 16.0 Å². The number of nitrogens with two attached hydrogens (primary N) is 1. The van der Waals surface area contributed by atoms with Gasteiger partial charge >= 0.3 is 0 Å². The van der Waals surface area contributed by atoms with Crippen LogP contribution in [-0.2, 0) is 0 Å². The first-order chi connectivity index (χ1) is 13.4. The highest BCUT2D eigenvalue weighted by atomic mass is 16.2. The molecular formula is C20H26N6O2. The fourth-order valence-corrected chi connectivity index (χ4v) is 3.24. The van der Waals surface area contributed by atoms with Gasteiger partial charge in [0.15, 0.2) is 0 Å². The summed E-state index contributed by atoms with van der Waals surface area (Å²) in [7, 11) is 3.92. The zero-order valence-electron chi connectivity index (χ0n) is 16.3. The van der Waals surface area contributed by atoms with Crippen molar-refractivity contribution in [2.45, 2.75) is 25.3 Å². The number of aromatic nitrogens is 2. The Kier molecular flexibility index (Phi) is 6.08. The lowest BCUT2D eigenvalue weighted by atomic mass is 10.1. The van der Waals surface area contributed by atoms with Crippen LogP contribution in [0.15, 0.2) is 36.7 Å². The summed E-state index contributed by atoms with van der Waals surface area (Å²) >= 11 is 0. The van der Waals surface area contributed by atoms with Crippen molar-refractivity contribution in [1.82, 2.24) is 14.9 Å². The number of hydrogen-bond acceptors (Lipinski definition) is 6. The molecule has 2 aromatic rings. The summed E-state index contributed by atoms with van der Waals surface area (Å²) in [6.07, 6.45) is 5.93. The van der Waals surface area contributed by atoms with Crippen LogP contribution in [0.4, 0.5) is 11.5 Å². The van der Waals surface area contributed by atoms with Gasteiger partial charge in [-0.15, -0.1) is 0 Å². The third-order valence-corrected chi connectivity index (χ3v) is 4.86. The van der Waals surface area contributed by atoms with Crippen molar-refractivity contribution < 1.29 is 9.59 Å². The van der Waals surface area contributed by atoms with E-state index in [-0.39, 0.29) is 11.9 Å². The quantitative estimate of drug-likeness (QED) is 0.816. The van der Waals surface area contributed by atoms with Gasteiger partial charge in [0.1, 0.15) is 11.5 Å². The van der Waals surface area contributed by atoms with Crippen molar-refractivity contribution in [2.24, 2.45) is 5.73 Å². The van der Waals surface area contributed by atoms with Gasteiger partial charge in [-0.1, -0.05) is 0 Å². The lowest BCUT2D eigenvalue weighted by Crippen LogP contribution is -2.33. The monoisotopic (exact) mass is 382 g/mol. The Morgan fingerprint density at radius 1 is 1.11 bits per heavy atom. The molecule has 0 aromatic carbocycles. The average molecular weight is 382 g/mol. The summed E-state index contributed by atoms with van der Waals surface area (Å²) in [4.78, 5) is 36.2. The van der Waals surface area contributed by atoms with Crippen molar-refractivity contribution >= 4 is 23.3 Å². The van der Waals surface area contributed by atoms with Crippen molar-refractivity contribution in [1.29, 1.82) is 0 Å². The molecule has 1 aliphatic rings. The standard InChI is InChI=1S/C20H26N6O2/c1-25(2)18-8-6-16(13-23-18)24-15-4-3-10-26(11-9-15)20(28)17-7-5-14(12-22-17)19(21)27/h5-8,12-13,15,24H,3-4,9-11H2,1-2H3,(H2,21,27)/t15-/m1/s1. The number of anilines is 2. The van der Waals surface area contributed by atoms with Gasteiger partial charge in [-0.25, -0.2) is 4.98 Å². The number of pyridine rings is 2. The van der Waals surface area contributed by atoms with E-state index in [0.29, 0.717) is 24.3 Å². The van der Waals surface area contributed by atoms with Crippen LogP contribution in [0.25, 0.3) is 0 Å². The molecule has 0 bridgehead atoms. The van der Waals surface area contributed by atoms with E-state index in [4.69, 9.17) is 5.73 Å². The number of hydrogen-bond donors (Lipinski definition) is 2. The summed E-state index contributed by atoms with van der Waals surface area (Å²) in [6.45, 7) is 1.34. The number of nitrogens with one attached hydrogen (secondary N) is 1. The smallest absolute Gasteiger partial charge is 0.272 e. The summed E-state index contributed by atoms with van der Waals surface area (Å²) in [5.41, 5.74) is 6.83. The molecule has 3 rings (SSSR count). The van der Waals surface area contributed by atoms with E-state index in [1.165, 1.54) is 12.3 Å². The molecule has 28 heavy (non-hydrogen) atoms.